The number of nitrogens with zero attached hydrogens (tertiary/aromatic N) is 1. The molecule has 1 rings (SSSR count). The van der Waals surface area contributed by atoms with Crippen LogP contribution in [0.2, 0.25) is 5.02 Å². The van der Waals surface area contributed by atoms with Crippen LogP contribution in [0.15, 0.2) is 24.3 Å². The fraction of sp³-hybridized carbons (Fsp3) is 0.533. The highest BCUT2D eigenvalue weighted by Gasteiger charge is 2.57. The van der Waals surface area contributed by atoms with Gasteiger partial charge in [-0.05, 0) is 31.5 Å². The molecule has 1 N–H and O–H groups in total. The van der Waals surface area contributed by atoms with Crippen molar-refractivity contribution in [3.8, 4) is 0 Å². The van der Waals surface area contributed by atoms with Gasteiger partial charge in [0.2, 0.25) is 0 Å². The number of nitrogens with one attached hydrogen (secondary N) is 1. The van der Waals surface area contributed by atoms with Gasteiger partial charge in [0.05, 0.1) is 20.3 Å². The van der Waals surface area contributed by atoms with Gasteiger partial charge in [-0.1, -0.05) is 23.7 Å². The van der Waals surface area contributed by atoms with Crippen molar-refractivity contribution in [3.63, 3.8) is 0 Å². The molecule has 0 fully saturated rings. The molecule has 146 valence electrons. The number of methoxy groups -OCH3 is 1. The van der Waals surface area contributed by atoms with E-state index in [2.05, 4.69) is 9.82 Å². The van der Waals surface area contributed by atoms with Crippen LogP contribution in [-0.4, -0.2) is 36.8 Å². The summed E-state index contributed by atoms with van der Waals surface area (Å²) in [6, 6.07) is 4.58. The van der Waals surface area contributed by atoms with E-state index in [9.17, 15) is 19.5 Å². The number of hydrogen-bond acceptors (Lipinski definition) is 7. The lowest BCUT2D eigenvalue weighted by Gasteiger charge is -2.31. The molecule has 1 aromatic carbocycles. The Labute approximate surface area is 156 Å². The maximum Gasteiger partial charge on any atom is 0.406 e. The molecule has 1 aromatic rings. The van der Waals surface area contributed by atoms with Crippen LogP contribution >= 0.6 is 19.3 Å². The topological polar surface area (TPSA) is 117 Å². The van der Waals surface area contributed by atoms with Crippen molar-refractivity contribution in [2.24, 2.45) is 0 Å². The van der Waals surface area contributed by atoms with Crippen molar-refractivity contribution in [1.29, 1.82) is 0 Å². The van der Waals surface area contributed by atoms with Crippen molar-refractivity contribution in [3.05, 3.63) is 45.0 Å². The molecule has 2 atom stereocenters. The molecule has 0 aliphatic carbocycles. The molecule has 11 heteroatoms. The Balaban J connectivity index is 3.51. The third kappa shape index (κ3) is 5.02. The van der Waals surface area contributed by atoms with Gasteiger partial charge in [-0.3, -0.25) is 19.2 Å². The summed E-state index contributed by atoms with van der Waals surface area (Å²) in [5, 5.41) is 14.7. The van der Waals surface area contributed by atoms with E-state index >= 15 is 0 Å². The number of carbonyl (C=O) groups excluding carboxylic acids is 1. The second-order valence-electron chi connectivity index (χ2n) is 5.34. The first kappa shape index (κ1) is 22.5. The SMILES string of the molecule is CCOP(=O)(N[C@@H](c1ccc(Cl)cc1)[C@@](C)(C(=O)OC)[N+](=O)[O-])OCC. The Kier molecular flexibility index (Phi) is 8.17. The fourth-order valence-electron chi connectivity index (χ4n) is 2.29. The number of ether oxygens (including phenoxy) is 1. The van der Waals surface area contributed by atoms with Crippen LogP contribution in [0, 0.1) is 10.1 Å². The van der Waals surface area contributed by atoms with E-state index < -0.39 is 30.2 Å². The van der Waals surface area contributed by atoms with E-state index in [0.717, 1.165) is 14.0 Å². The largest absolute Gasteiger partial charge is 0.464 e. The zero-order valence-electron chi connectivity index (χ0n) is 14.9. The molecule has 0 bridgehead atoms. The highest BCUT2D eigenvalue weighted by atomic mass is 35.5. The van der Waals surface area contributed by atoms with Gasteiger partial charge < -0.3 is 4.74 Å². The average molecular weight is 409 g/mol. The fourth-order valence-corrected chi connectivity index (χ4v) is 4.04. The van der Waals surface area contributed by atoms with Crippen molar-refractivity contribution in [2.75, 3.05) is 20.3 Å². The van der Waals surface area contributed by atoms with Gasteiger partial charge in [-0.15, -0.1) is 0 Å². The van der Waals surface area contributed by atoms with Gasteiger partial charge in [-0.25, -0.2) is 14.4 Å². The van der Waals surface area contributed by atoms with E-state index in [1.165, 1.54) is 24.3 Å². The average Bonchev–Trinajstić information content (AvgIpc) is 2.59. The first-order valence-electron chi connectivity index (χ1n) is 7.79. The Bertz CT molecular complexity index is 675. The monoisotopic (exact) mass is 408 g/mol. The summed E-state index contributed by atoms with van der Waals surface area (Å²) in [4.78, 5) is 23.2. The number of rotatable bonds is 10. The number of benzene rings is 1. The normalized spacial score (nSPS) is 15.1. The molecule has 0 heterocycles. The first-order valence-corrected chi connectivity index (χ1v) is 9.72. The number of esters is 1. The minimum absolute atomic E-state index is 0.0328. The quantitative estimate of drug-likeness (QED) is 0.271. The molecule has 26 heavy (non-hydrogen) atoms. The summed E-state index contributed by atoms with van der Waals surface area (Å²) < 4.78 is 27.8. The zero-order valence-corrected chi connectivity index (χ0v) is 16.6. The van der Waals surface area contributed by atoms with Gasteiger partial charge in [0.25, 0.3) is 0 Å². The zero-order chi connectivity index (χ0) is 20.0. The van der Waals surface area contributed by atoms with Crippen LogP contribution < -0.4 is 5.09 Å². The lowest BCUT2D eigenvalue weighted by atomic mass is 9.88. The van der Waals surface area contributed by atoms with E-state index in [4.69, 9.17) is 20.6 Å². The molecule has 0 saturated carbocycles. The molecule has 0 spiro atoms. The van der Waals surface area contributed by atoms with Crippen LogP contribution in [0.5, 0.6) is 0 Å². The van der Waals surface area contributed by atoms with Crippen LogP contribution in [0.1, 0.15) is 32.4 Å². The summed E-state index contributed by atoms with van der Waals surface area (Å²) in [6.07, 6.45) is 0. The number of hydrogen-bond donors (Lipinski definition) is 1. The predicted molar refractivity (Wildman–Crippen MR) is 95.6 cm³/mol. The van der Waals surface area contributed by atoms with E-state index in [0.29, 0.717) is 10.6 Å². The molecule has 0 aliphatic rings. The van der Waals surface area contributed by atoms with Gasteiger partial charge >= 0.3 is 19.3 Å². The van der Waals surface area contributed by atoms with Gasteiger partial charge in [-0.2, -0.15) is 0 Å². The molecule has 0 unspecified atom stereocenters. The Morgan fingerprint density at radius 3 is 2.19 bits per heavy atom. The number of halogens is 1. The maximum atomic E-state index is 12.9. The summed E-state index contributed by atoms with van der Waals surface area (Å²) in [5.41, 5.74) is -2.01. The summed E-state index contributed by atoms with van der Waals surface area (Å²) in [7, 11) is -2.90. The smallest absolute Gasteiger partial charge is 0.406 e. The molecular formula is C15H22ClN2O7P. The first-order chi connectivity index (χ1) is 12.1. The maximum absolute atomic E-state index is 12.9. The second kappa shape index (κ2) is 9.43. The van der Waals surface area contributed by atoms with Crippen molar-refractivity contribution in [1.82, 2.24) is 5.09 Å². The Morgan fingerprint density at radius 2 is 1.81 bits per heavy atom. The molecule has 0 aromatic heterocycles. The molecule has 0 radical (unpaired) electrons. The predicted octanol–water partition coefficient (Wildman–Crippen LogP) is 3.36. The standard InChI is InChI=1S/C15H22ClN2O7P/c1-5-24-26(22,25-6-2)17-13(11-7-9-12(16)10-8-11)15(3,18(20)21)14(19)23-4/h7-10,13H,5-6H2,1-4H3,(H,17,22)/t13-,15-/m0/s1. The third-order valence-electron chi connectivity index (χ3n) is 3.63. The number of nitro groups is 1. The minimum atomic E-state index is -3.93. The summed E-state index contributed by atoms with van der Waals surface area (Å²) in [5.74, 6) is -1.12. The second-order valence-corrected chi connectivity index (χ2v) is 7.55. The van der Waals surface area contributed by atoms with E-state index in [-0.39, 0.29) is 13.2 Å². The van der Waals surface area contributed by atoms with Crippen LogP contribution in [-0.2, 0) is 23.1 Å². The minimum Gasteiger partial charge on any atom is -0.464 e. The Morgan fingerprint density at radius 1 is 1.31 bits per heavy atom. The van der Waals surface area contributed by atoms with Crippen molar-refractivity contribution >= 4 is 25.3 Å². The Hall–Kier alpha value is -1.51. The van der Waals surface area contributed by atoms with Crippen molar-refractivity contribution < 1.29 is 28.1 Å². The molecular weight excluding hydrogens is 387 g/mol. The molecule has 0 aliphatic heterocycles. The van der Waals surface area contributed by atoms with E-state index in [1.807, 2.05) is 0 Å². The number of carbonyl (C=O) groups is 1. The lowest BCUT2D eigenvalue weighted by molar-refractivity contribution is -0.556. The van der Waals surface area contributed by atoms with Crippen LogP contribution in [0.3, 0.4) is 0 Å². The third-order valence-corrected chi connectivity index (χ3v) is 5.65. The highest BCUT2D eigenvalue weighted by Crippen LogP contribution is 2.48. The van der Waals surface area contributed by atoms with Gasteiger partial charge in [0.15, 0.2) is 0 Å². The van der Waals surface area contributed by atoms with E-state index in [1.54, 1.807) is 13.8 Å². The van der Waals surface area contributed by atoms with Crippen LogP contribution in [0.4, 0.5) is 0 Å². The molecule has 9 nitrogen and oxygen atoms in total. The highest BCUT2D eigenvalue weighted by molar-refractivity contribution is 7.51. The van der Waals surface area contributed by atoms with Gasteiger partial charge in [0.1, 0.15) is 6.04 Å². The van der Waals surface area contributed by atoms with Gasteiger partial charge in [0, 0.05) is 16.9 Å². The van der Waals surface area contributed by atoms with Crippen LogP contribution in [0.25, 0.3) is 0 Å². The summed E-state index contributed by atoms with van der Waals surface area (Å²) in [6.45, 7) is 4.33. The summed E-state index contributed by atoms with van der Waals surface area (Å²) >= 11 is 5.87. The lowest BCUT2D eigenvalue weighted by Crippen LogP contribution is -2.53. The van der Waals surface area contributed by atoms with Crippen molar-refractivity contribution in [2.45, 2.75) is 32.4 Å². The molecule has 0 saturated heterocycles. The molecule has 0 amide bonds.